The highest BCUT2D eigenvalue weighted by molar-refractivity contribution is 7.92. The molecule has 2 N–H and O–H groups in total. The molecule has 244 valence electrons. The molecule has 18 heteroatoms. The molecule has 0 spiro atoms. The SMILES string of the molecule is CCOC(=O)CN(C)C(=O)OCN(c1ccc(F)c(-c2nn(CC)cc2-c2ccnc(N)n2)c1F)S(=O)(=O)c1cc(F)ccc1F. The van der Waals surface area contributed by atoms with Crippen LogP contribution < -0.4 is 10.0 Å². The Kier molecular flexibility index (Phi) is 10.1. The first kappa shape index (κ1) is 33.6. The molecule has 0 bridgehead atoms. The number of anilines is 2. The summed E-state index contributed by atoms with van der Waals surface area (Å²) in [5, 5.41) is 4.24. The molecule has 0 aliphatic heterocycles. The predicted molar refractivity (Wildman–Crippen MR) is 155 cm³/mol. The number of aryl methyl sites for hydroxylation is 1. The van der Waals surface area contributed by atoms with Crippen LogP contribution in [0.3, 0.4) is 0 Å². The van der Waals surface area contributed by atoms with Gasteiger partial charge >= 0.3 is 12.1 Å². The summed E-state index contributed by atoms with van der Waals surface area (Å²) in [6, 6.07) is 4.37. The maximum Gasteiger partial charge on any atom is 0.411 e. The number of carbonyl (C=O) groups excluding carboxylic acids is 2. The Labute approximate surface area is 260 Å². The van der Waals surface area contributed by atoms with Crippen LogP contribution >= 0.6 is 0 Å². The highest BCUT2D eigenvalue weighted by Gasteiger charge is 2.34. The van der Waals surface area contributed by atoms with E-state index in [0.717, 1.165) is 18.0 Å². The highest BCUT2D eigenvalue weighted by Crippen LogP contribution is 2.38. The van der Waals surface area contributed by atoms with E-state index in [1.165, 1.54) is 30.1 Å². The van der Waals surface area contributed by atoms with Crippen LogP contribution in [0.25, 0.3) is 22.5 Å². The monoisotopic (exact) mass is 665 g/mol. The maximum atomic E-state index is 16.5. The van der Waals surface area contributed by atoms with Crippen molar-refractivity contribution in [1.82, 2.24) is 24.6 Å². The normalized spacial score (nSPS) is 11.3. The first-order chi connectivity index (χ1) is 21.8. The largest absolute Gasteiger partial charge is 0.465 e. The zero-order valence-electron chi connectivity index (χ0n) is 24.6. The van der Waals surface area contributed by atoms with E-state index in [4.69, 9.17) is 15.2 Å². The van der Waals surface area contributed by atoms with Crippen molar-refractivity contribution in [3.05, 3.63) is 72.1 Å². The number of hydrogen-bond donors (Lipinski definition) is 1. The number of nitrogens with zero attached hydrogens (tertiary/aromatic N) is 6. The number of amides is 1. The predicted octanol–water partition coefficient (Wildman–Crippen LogP) is 3.95. The second kappa shape index (κ2) is 13.8. The number of sulfonamides is 1. The number of halogens is 4. The van der Waals surface area contributed by atoms with Crippen molar-refractivity contribution >= 4 is 33.7 Å². The Morgan fingerprint density at radius 3 is 2.41 bits per heavy atom. The summed E-state index contributed by atoms with van der Waals surface area (Å²) >= 11 is 0. The molecule has 2 heterocycles. The third kappa shape index (κ3) is 7.01. The average molecular weight is 666 g/mol. The Bertz CT molecular complexity index is 1890. The fourth-order valence-corrected chi connectivity index (χ4v) is 5.59. The molecule has 0 radical (unpaired) electrons. The van der Waals surface area contributed by atoms with Gasteiger partial charge in [0.2, 0.25) is 5.95 Å². The van der Waals surface area contributed by atoms with Gasteiger partial charge in [0, 0.05) is 31.5 Å². The molecule has 13 nitrogen and oxygen atoms in total. The number of likely N-dealkylation sites (N-methyl/N-ethyl adjacent to an activating group) is 1. The number of rotatable bonds is 11. The van der Waals surface area contributed by atoms with Crippen LogP contribution in [0.4, 0.5) is 34.0 Å². The van der Waals surface area contributed by atoms with Crippen molar-refractivity contribution in [2.45, 2.75) is 25.3 Å². The fourth-order valence-electron chi connectivity index (χ4n) is 4.18. The summed E-state index contributed by atoms with van der Waals surface area (Å²) < 4.78 is 99.5. The zero-order chi connectivity index (χ0) is 33.8. The van der Waals surface area contributed by atoms with E-state index in [0.29, 0.717) is 24.3 Å². The Balaban J connectivity index is 1.86. The number of benzene rings is 2. The van der Waals surface area contributed by atoms with Crippen LogP contribution in [0.2, 0.25) is 0 Å². The van der Waals surface area contributed by atoms with Crippen molar-refractivity contribution in [3.8, 4) is 22.5 Å². The molecule has 46 heavy (non-hydrogen) atoms. The first-order valence-corrected chi connectivity index (χ1v) is 14.9. The molecule has 0 atom stereocenters. The standard InChI is InChI=1S/C28H27F4N7O6S/c1-4-38-13-17(20-10-11-34-27(33)35-20)26(36-38)24-19(31)8-9-21(25(24)32)39(15-45-28(41)37(3)14-23(40)44-5-2)46(42,43)22-12-16(29)6-7-18(22)30/h6-13H,4-5,14-15H2,1-3H3,(H2,33,34,35). The molecule has 0 unspecified atom stereocenters. The molecular weight excluding hydrogens is 638 g/mol. The Morgan fingerprint density at radius 2 is 1.74 bits per heavy atom. The quantitative estimate of drug-likeness (QED) is 0.141. The lowest BCUT2D eigenvalue weighted by molar-refractivity contribution is -0.143. The fraction of sp³-hybridized carbons (Fsp3) is 0.250. The average Bonchev–Trinajstić information content (AvgIpc) is 3.43. The van der Waals surface area contributed by atoms with E-state index in [9.17, 15) is 26.8 Å². The van der Waals surface area contributed by atoms with Gasteiger partial charge in [-0.25, -0.2) is 45.0 Å². The van der Waals surface area contributed by atoms with Crippen LogP contribution in [0, 0.1) is 23.3 Å². The molecule has 0 aliphatic carbocycles. The van der Waals surface area contributed by atoms with Gasteiger partial charge < -0.3 is 20.1 Å². The van der Waals surface area contributed by atoms with Crippen molar-refractivity contribution in [2.24, 2.45) is 0 Å². The third-order valence-corrected chi connectivity index (χ3v) is 8.11. The van der Waals surface area contributed by atoms with Gasteiger partial charge in [-0.2, -0.15) is 5.10 Å². The minimum Gasteiger partial charge on any atom is -0.465 e. The smallest absolute Gasteiger partial charge is 0.411 e. The van der Waals surface area contributed by atoms with Crippen LogP contribution in [0.15, 0.2) is 53.7 Å². The summed E-state index contributed by atoms with van der Waals surface area (Å²) in [6.45, 7) is 1.60. The third-order valence-electron chi connectivity index (χ3n) is 6.36. The van der Waals surface area contributed by atoms with E-state index in [1.807, 2.05) is 0 Å². The van der Waals surface area contributed by atoms with Crippen molar-refractivity contribution in [1.29, 1.82) is 0 Å². The number of ether oxygens (including phenoxy) is 2. The molecule has 0 saturated carbocycles. The van der Waals surface area contributed by atoms with E-state index in [2.05, 4.69) is 15.1 Å². The summed E-state index contributed by atoms with van der Waals surface area (Å²) in [6.07, 6.45) is 1.48. The van der Waals surface area contributed by atoms with Crippen LogP contribution in [0.5, 0.6) is 0 Å². The van der Waals surface area contributed by atoms with Gasteiger partial charge in [0.1, 0.15) is 34.6 Å². The van der Waals surface area contributed by atoms with Gasteiger partial charge in [-0.3, -0.25) is 9.48 Å². The second-order valence-electron chi connectivity index (χ2n) is 9.43. The lowest BCUT2D eigenvalue weighted by Gasteiger charge is -2.26. The molecule has 0 saturated heterocycles. The summed E-state index contributed by atoms with van der Waals surface area (Å²) in [7, 11) is -4.12. The van der Waals surface area contributed by atoms with Gasteiger partial charge in [0.25, 0.3) is 10.0 Å². The molecule has 2 aromatic carbocycles. The molecule has 0 aliphatic rings. The molecule has 4 rings (SSSR count). The molecule has 4 aromatic rings. The van der Waals surface area contributed by atoms with Gasteiger partial charge in [-0.05, 0) is 50.2 Å². The number of nitrogens with two attached hydrogens (primary N) is 1. The summed E-state index contributed by atoms with van der Waals surface area (Å²) in [4.78, 5) is 31.8. The van der Waals surface area contributed by atoms with E-state index >= 15 is 8.78 Å². The Morgan fingerprint density at radius 1 is 1.02 bits per heavy atom. The minimum absolute atomic E-state index is 0.0158. The second-order valence-corrected chi connectivity index (χ2v) is 11.3. The first-order valence-electron chi connectivity index (χ1n) is 13.4. The van der Waals surface area contributed by atoms with Gasteiger partial charge in [0.05, 0.1) is 23.6 Å². The number of esters is 1. The van der Waals surface area contributed by atoms with Crippen molar-refractivity contribution in [3.63, 3.8) is 0 Å². The lowest BCUT2D eigenvalue weighted by atomic mass is 10.0. The van der Waals surface area contributed by atoms with E-state index in [1.54, 1.807) is 6.92 Å². The Hall–Kier alpha value is -5.26. The van der Waals surface area contributed by atoms with Crippen LogP contribution in [0.1, 0.15) is 13.8 Å². The summed E-state index contributed by atoms with van der Waals surface area (Å²) in [5.41, 5.74) is 3.89. The van der Waals surface area contributed by atoms with Crippen molar-refractivity contribution < 1.29 is 45.0 Å². The zero-order valence-corrected chi connectivity index (χ0v) is 25.4. The molecule has 1 amide bonds. The molecule has 0 fully saturated rings. The van der Waals surface area contributed by atoms with Crippen LogP contribution in [-0.2, 0) is 30.8 Å². The number of hydrogen-bond acceptors (Lipinski definition) is 10. The number of nitrogen functional groups attached to an aromatic ring is 1. The van der Waals surface area contributed by atoms with Crippen molar-refractivity contribution in [2.75, 3.05) is 37.0 Å². The molecular formula is C28H27F4N7O6S. The topological polar surface area (TPSA) is 163 Å². The van der Waals surface area contributed by atoms with Gasteiger partial charge in [0.15, 0.2) is 12.5 Å². The summed E-state index contributed by atoms with van der Waals surface area (Å²) in [5.74, 6) is -6.20. The highest BCUT2D eigenvalue weighted by atomic mass is 32.2. The van der Waals surface area contributed by atoms with Crippen LogP contribution in [-0.4, -0.2) is 72.1 Å². The number of aromatic nitrogens is 4. The van der Waals surface area contributed by atoms with Gasteiger partial charge in [-0.15, -0.1) is 0 Å². The van der Waals surface area contributed by atoms with Gasteiger partial charge in [-0.1, -0.05) is 0 Å². The maximum absolute atomic E-state index is 16.5. The van der Waals surface area contributed by atoms with E-state index < -0.39 is 74.8 Å². The van der Waals surface area contributed by atoms with E-state index in [-0.39, 0.29) is 40.4 Å². The minimum atomic E-state index is -5.26. The lowest BCUT2D eigenvalue weighted by Crippen LogP contribution is -2.39. The molecule has 2 aromatic heterocycles. The number of carbonyl (C=O) groups is 2.